The van der Waals surface area contributed by atoms with Gasteiger partial charge in [-0.25, -0.2) is 13.6 Å². The van der Waals surface area contributed by atoms with Crippen molar-refractivity contribution in [2.75, 3.05) is 5.73 Å². The van der Waals surface area contributed by atoms with E-state index in [9.17, 15) is 8.42 Å². The number of sulfonamides is 1. The SMILES string of the molecule is Nc1cc(S(N)(=O)=O)ccc1O.Oc1ccc2ccccc2c1. The molecule has 0 atom stereocenters. The Morgan fingerprint density at radius 3 is 2.09 bits per heavy atom. The molecule has 3 aromatic carbocycles. The highest BCUT2D eigenvalue weighted by Crippen LogP contribution is 2.22. The third-order valence-corrected chi connectivity index (χ3v) is 3.97. The maximum atomic E-state index is 10.7. The van der Waals surface area contributed by atoms with Gasteiger partial charge in [0.1, 0.15) is 11.5 Å². The van der Waals surface area contributed by atoms with E-state index in [0.717, 1.165) is 16.8 Å². The van der Waals surface area contributed by atoms with E-state index in [1.165, 1.54) is 12.1 Å². The van der Waals surface area contributed by atoms with Crippen molar-refractivity contribution in [1.82, 2.24) is 0 Å². The van der Waals surface area contributed by atoms with Crippen LogP contribution in [0.3, 0.4) is 0 Å². The standard InChI is InChI=1S/C10H8O.C6H8N2O3S/c11-10-6-5-8-3-1-2-4-9(8)7-10;7-5-3-4(12(8,10)11)1-2-6(5)9/h1-7,11H;1-3,9H,7H2,(H2,8,10,11). The van der Waals surface area contributed by atoms with E-state index in [0.29, 0.717) is 5.75 Å². The number of hydrogen-bond donors (Lipinski definition) is 4. The monoisotopic (exact) mass is 332 g/mol. The predicted molar refractivity (Wildman–Crippen MR) is 89.5 cm³/mol. The molecule has 0 saturated heterocycles. The first-order valence-corrected chi connectivity index (χ1v) is 8.11. The fraction of sp³-hybridized carbons (Fsp3) is 0. The smallest absolute Gasteiger partial charge is 0.238 e. The summed E-state index contributed by atoms with van der Waals surface area (Å²) in [6.07, 6.45) is 0. The zero-order valence-electron chi connectivity index (χ0n) is 12.0. The van der Waals surface area contributed by atoms with Gasteiger partial charge >= 0.3 is 0 Å². The molecule has 7 heteroatoms. The maximum Gasteiger partial charge on any atom is 0.238 e. The molecule has 0 aliphatic heterocycles. The van der Waals surface area contributed by atoms with Crippen LogP contribution in [0.5, 0.6) is 11.5 Å². The van der Waals surface area contributed by atoms with Crippen LogP contribution in [0.15, 0.2) is 65.6 Å². The molecule has 6 nitrogen and oxygen atoms in total. The van der Waals surface area contributed by atoms with Gasteiger partial charge in [-0.05, 0) is 41.1 Å². The summed E-state index contributed by atoms with van der Waals surface area (Å²) >= 11 is 0. The van der Waals surface area contributed by atoms with Crippen LogP contribution in [-0.2, 0) is 10.0 Å². The average molecular weight is 332 g/mol. The highest BCUT2D eigenvalue weighted by molar-refractivity contribution is 7.89. The number of nitrogen functional groups attached to an aromatic ring is 1. The Morgan fingerprint density at radius 1 is 0.826 bits per heavy atom. The van der Waals surface area contributed by atoms with Crippen LogP contribution < -0.4 is 10.9 Å². The Kier molecular flexibility index (Phi) is 4.73. The van der Waals surface area contributed by atoms with Crippen LogP contribution in [0.1, 0.15) is 0 Å². The topological polar surface area (TPSA) is 127 Å². The lowest BCUT2D eigenvalue weighted by Crippen LogP contribution is -2.12. The number of phenols is 2. The molecule has 0 heterocycles. The minimum absolute atomic E-state index is 0.0125. The Hall–Kier alpha value is -2.77. The van der Waals surface area contributed by atoms with E-state index in [1.54, 1.807) is 12.1 Å². The first-order chi connectivity index (χ1) is 10.8. The molecule has 6 N–H and O–H groups in total. The summed E-state index contributed by atoms with van der Waals surface area (Å²) in [6.45, 7) is 0. The van der Waals surface area contributed by atoms with Crippen molar-refractivity contribution in [2.24, 2.45) is 5.14 Å². The molecular formula is C16H16N2O4S. The van der Waals surface area contributed by atoms with E-state index >= 15 is 0 Å². The van der Waals surface area contributed by atoms with E-state index in [4.69, 9.17) is 21.1 Å². The maximum absolute atomic E-state index is 10.7. The van der Waals surface area contributed by atoms with Gasteiger partial charge < -0.3 is 15.9 Å². The van der Waals surface area contributed by atoms with Crippen LogP contribution in [0, 0.1) is 0 Å². The second kappa shape index (κ2) is 6.55. The van der Waals surface area contributed by atoms with E-state index in [2.05, 4.69) is 0 Å². The lowest BCUT2D eigenvalue weighted by Gasteiger charge is -2.00. The molecule has 3 aromatic rings. The minimum atomic E-state index is -3.73. The molecule has 0 saturated carbocycles. The van der Waals surface area contributed by atoms with Gasteiger partial charge in [-0.3, -0.25) is 0 Å². The van der Waals surface area contributed by atoms with Gasteiger partial charge in [-0.1, -0.05) is 30.3 Å². The molecule has 0 fully saturated rings. The molecule has 0 aromatic heterocycles. The van der Waals surface area contributed by atoms with E-state index < -0.39 is 10.0 Å². The second-order valence-electron chi connectivity index (χ2n) is 4.80. The molecule has 0 spiro atoms. The molecule has 0 bridgehead atoms. The summed E-state index contributed by atoms with van der Waals surface area (Å²) in [6, 6.07) is 16.8. The van der Waals surface area contributed by atoms with Crippen LogP contribution >= 0.6 is 0 Å². The van der Waals surface area contributed by atoms with Gasteiger partial charge in [0.05, 0.1) is 10.6 Å². The molecule has 0 amide bonds. The Bertz CT molecular complexity index is 940. The fourth-order valence-electron chi connectivity index (χ4n) is 1.89. The minimum Gasteiger partial charge on any atom is -0.508 e. The molecule has 3 rings (SSSR count). The predicted octanol–water partition coefficient (Wildman–Crippen LogP) is 2.17. The zero-order chi connectivity index (χ0) is 17.0. The largest absolute Gasteiger partial charge is 0.508 e. The summed E-state index contributed by atoms with van der Waals surface area (Å²) in [5, 5.41) is 25.1. The summed E-state index contributed by atoms with van der Waals surface area (Å²) in [4.78, 5) is -0.113. The van der Waals surface area contributed by atoms with Crippen molar-refractivity contribution >= 4 is 26.5 Å². The molecule has 0 aliphatic rings. The highest BCUT2D eigenvalue weighted by Gasteiger charge is 2.08. The van der Waals surface area contributed by atoms with Gasteiger partial charge in [-0.15, -0.1) is 0 Å². The van der Waals surface area contributed by atoms with Crippen LogP contribution in [-0.4, -0.2) is 18.6 Å². The van der Waals surface area contributed by atoms with Crippen molar-refractivity contribution < 1.29 is 18.6 Å². The molecular weight excluding hydrogens is 316 g/mol. The second-order valence-corrected chi connectivity index (χ2v) is 6.36. The van der Waals surface area contributed by atoms with Crippen LogP contribution in [0.25, 0.3) is 10.8 Å². The van der Waals surface area contributed by atoms with Gasteiger partial charge in [0, 0.05) is 0 Å². The third-order valence-electron chi connectivity index (χ3n) is 3.06. The molecule has 23 heavy (non-hydrogen) atoms. The van der Waals surface area contributed by atoms with Crippen molar-refractivity contribution in [1.29, 1.82) is 0 Å². The summed E-state index contributed by atoms with van der Waals surface area (Å²) < 4.78 is 21.5. The van der Waals surface area contributed by atoms with Gasteiger partial charge in [0.15, 0.2) is 0 Å². The van der Waals surface area contributed by atoms with E-state index in [1.807, 2.05) is 30.3 Å². The van der Waals surface area contributed by atoms with Crippen LogP contribution in [0.2, 0.25) is 0 Å². The Balaban J connectivity index is 0.000000167. The Morgan fingerprint density at radius 2 is 1.48 bits per heavy atom. The third kappa shape index (κ3) is 4.35. The van der Waals surface area contributed by atoms with Crippen molar-refractivity contribution in [2.45, 2.75) is 4.90 Å². The lowest BCUT2D eigenvalue weighted by atomic mass is 10.1. The number of hydrogen-bond acceptors (Lipinski definition) is 5. The lowest BCUT2D eigenvalue weighted by molar-refractivity contribution is 0.476. The molecule has 0 unspecified atom stereocenters. The summed E-state index contributed by atoms with van der Waals surface area (Å²) in [5.41, 5.74) is 5.23. The highest BCUT2D eigenvalue weighted by atomic mass is 32.2. The molecule has 0 aliphatic carbocycles. The summed E-state index contributed by atoms with van der Waals surface area (Å²) in [7, 11) is -3.73. The van der Waals surface area contributed by atoms with Crippen molar-refractivity contribution in [3.05, 3.63) is 60.7 Å². The first-order valence-electron chi connectivity index (χ1n) is 6.56. The van der Waals surface area contributed by atoms with Gasteiger partial charge in [0.25, 0.3) is 0 Å². The Labute approximate surface area is 133 Å². The van der Waals surface area contributed by atoms with Gasteiger partial charge in [0.2, 0.25) is 10.0 Å². The van der Waals surface area contributed by atoms with Crippen molar-refractivity contribution in [3.8, 4) is 11.5 Å². The zero-order valence-corrected chi connectivity index (χ0v) is 12.9. The number of rotatable bonds is 1. The van der Waals surface area contributed by atoms with Crippen molar-refractivity contribution in [3.63, 3.8) is 0 Å². The first kappa shape index (κ1) is 16.6. The number of phenolic OH excluding ortho intramolecular Hbond substituents is 2. The van der Waals surface area contributed by atoms with Gasteiger partial charge in [-0.2, -0.15) is 0 Å². The number of nitrogens with two attached hydrogens (primary N) is 2. The summed E-state index contributed by atoms with van der Waals surface area (Å²) in [5.74, 6) is 0.158. The molecule has 120 valence electrons. The molecule has 0 radical (unpaired) electrons. The number of benzene rings is 3. The quantitative estimate of drug-likeness (QED) is 0.401. The normalized spacial score (nSPS) is 10.8. The fourth-order valence-corrected chi connectivity index (χ4v) is 2.44. The number of aromatic hydroxyl groups is 2. The number of fused-ring (bicyclic) bond motifs is 1. The van der Waals surface area contributed by atoms with E-state index in [-0.39, 0.29) is 16.3 Å². The average Bonchev–Trinajstić information content (AvgIpc) is 2.49. The number of anilines is 1. The van der Waals surface area contributed by atoms with Crippen LogP contribution in [0.4, 0.5) is 5.69 Å². The number of primary sulfonamides is 1.